The lowest BCUT2D eigenvalue weighted by molar-refractivity contribution is 0.146. The zero-order chi connectivity index (χ0) is 11.5. The summed E-state index contributed by atoms with van der Waals surface area (Å²) in [5.74, 6) is 0.662. The van der Waals surface area contributed by atoms with Crippen LogP contribution in [-0.4, -0.2) is 26.3 Å². The fourth-order valence-electron chi connectivity index (χ4n) is 1.20. The van der Waals surface area contributed by atoms with Crippen molar-refractivity contribution < 1.29 is 9.63 Å². The zero-order valence-corrected chi connectivity index (χ0v) is 8.74. The van der Waals surface area contributed by atoms with Crippen LogP contribution in [0.3, 0.4) is 0 Å². The van der Waals surface area contributed by atoms with Gasteiger partial charge in [0.1, 0.15) is 6.04 Å². The molecule has 16 heavy (non-hydrogen) atoms. The minimum Gasteiger partial charge on any atom is -0.391 e. The maximum absolute atomic E-state index is 9.29. The minimum absolute atomic E-state index is 0.224. The smallest absolute Gasteiger partial charge is 0.246 e. The maximum Gasteiger partial charge on any atom is 0.246 e. The van der Waals surface area contributed by atoms with Crippen molar-refractivity contribution in [3.05, 3.63) is 30.4 Å². The van der Waals surface area contributed by atoms with E-state index in [1.165, 1.54) is 0 Å². The van der Waals surface area contributed by atoms with Gasteiger partial charge in [-0.1, -0.05) is 5.16 Å². The number of rotatable bonds is 3. The van der Waals surface area contributed by atoms with Crippen molar-refractivity contribution >= 4 is 0 Å². The van der Waals surface area contributed by atoms with Crippen LogP contribution in [0, 0.1) is 0 Å². The second kappa shape index (κ2) is 4.38. The standard InChI is InChI=1S/C10H12N4O2/c1-6(15)8(11)10-13-9(14-16-10)7-2-4-12-5-3-7/h2-6,8,15H,11H2,1H3. The molecule has 0 aliphatic heterocycles. The largest absolute Gasteiger partial charge is 0.391 e. The van der Waals surface area contributed by atoms with E-state index in [0.717, 1.165) is 5.56 Å². The topological polar surface area (TPSA) is 98.1 Å². The first-order valence-corrected chi connectivity index (χ1v) is 4.86. The molecular formula is C10H12N4O2. The third kappa shape index (κ3) is 2.07. The van der Waals surface area contributed by atoms with E-state index < -0.39 is 12.1 Å². The molecule has 0 saturated carbocycles. The lowest BCUT2D eigenvalue weighted by Gasteiger charge is -2.08. The van der Waals surface area contributed by atoms with E-state index in [1.807, 2.05) is 0 Å². The Bertz CT molecular complexity index is 455. The summed E-state index contributed by atoms with van der Waals surface area (Å²) >= 11 is 0. The molecule has 0 bridgehead atoms. The molecule has 0 saturated heterocycles. The van der Waals surface area contributed by atoms with Crippen molar-refractivity contribution in [2.75, 3.05) is 0 Å². The van der Waals surface area contributed by atoms with Gasteiger partial charge in [0.15, 0.2) is 0 Å². The number of aliphatic hydroxyl groups excluding tert-OH is 1. The summed E-state index contributed by atoms with van der Waals surface area (Å²) in [5, 5.41) is 13.1. The quantitative estimate of drug-likeness (QED) is 0.782. The van der Waals surface area contributed by atoms with Crippen LogP contribution in [-0.2, 0) is 0 Å². The fourth-order valence-corrected chi connectivity index (χ4v) is 1.20. The minimum atomic E-state index is -0.731. The molecule has 0 aromatic carbocycles. The maximum atomic E-state index is 9.29. The van der Waals surface area contributed by atoms with Crippen molar-refractivity contribution in [2.24, 2.45) is 5.73 Å². The Hall–Kier alpha value is -1.79. The van der Waals surface area contributed by atoms with Crippen molar-refractivity contribution in [1.82, 2.24) is 15.1 Å². The molecule has 6 nitrogen and oxygen atoms in total. The highest BCUT2D eigenvalue weighted by atomic mass is 16.5. The Kier molecular flexibility index (Phi) is 2.93. The van der Waals surface area contributed by atoms with Gasteiger partial charge in [-0.2, -0.15) is 4.98 Å². The van der Waals surface area contributed by atoms with E-state index in [4.69, 9.17) is 10.3 Å². The molecule has 0 radical (unpaired) electrons. The number of hydrogen-bond donors (Lipinski definition) is 2. The summed E-state index contributed by atoms with van der Waals surface area (Å²) < 4.78 is 4.98. The van der Waals surface area contributed by atoms with Gasteiger partial charge >= 0.3 is 0 Å². The van der Waals surface area contributed by atoms with Crippen LogP contribution in [0.25, 0.3) is 11.4 Å². The normalized spacial score (nSPS) is 14.7. The molecule has 2 aromatic rings. The monoisotopic (exact) mass is 220 g/mol. The highest BCUT2D eigenvalue weighted by Crippen LogP contribution is 2.18. The second-order valence-corrected chi connectivity index (χ2v) is 3.46. The molecule has 0 spiro atoms. The van der Waals surface area contributed by atoms with Gasteiger partial charge in [-0.15, -0.1) is 0 Å². The van der Waals surface area contributed by atoms with Crippen LogP contribution < -0.4 is 5.73 Å². The number of aromatic nitrogens is 3. The molecule has 2 unspecified atom stereocenters. The molecule has 0 amide bonds. The zero-order valence-electron chi connectivity index (χ0n) is 8.74. The number of nitrogens with two attached hydrogens (primary N) is 1. The molecule has 84 valence electrons. The highest BCUT2D eigenvalue weighted by Gasteiger charge is 2.19. The molecule has 6 heteroatoms. The Labute approximate surface area is 92.1 Å². The second-order valence-electron chi connectivity index (χ2n) is 3.46. The van der Waals surface area contributed by atoms with Crippen LogP contribution in [0.4, 0.5) is 0 Å². The molecule has 0 aliphatic rings. The lowest BCUT2D eigenvalue weighted by Crippen LogP contribution is -2.23. The number of nitrogens with zero attached hydrogens (tertiary/aromatic N) is 3. The van der Waals surface area contributed by atoms with Gasteiger partial charge in [0.25, 0.3) is 0 Å². The van der Waals surface area contributed by atoms with Crippen molar-refractivity contribution in [3.63, 3.8) is 0 Å². The predicted octanol–water partition coefficient (Wildman–Crippen LogP) is 0.512. The van der Waals surface area contributed by atoms with Crippen LogP contribution in [0.5, 0.6) is 0 Å². The van der Waals surface area contributed by atoms with E-state index >= 15 is 0 Å². The first-order valence-electron chi connectivity index (χ1n) is 4.86. The van der Waals surface area contributed by atoms with Crippen LogP contribution in [0.15, 0.2) is 29.0 Å². The van der Waals surface area contributed by atoms with E-state index in [9.17, 15) is 5.11 Å². The molecular weight excluding hydrogens is 208 g/mol. The Morgan fingerprint density at radius 2 is 2.06 bits per heavy atom. The molecule has 2 aromatic heterocycles. The van der Waals surface area contributed by atoms with Gasteiger partial charge < -0.3 is 15.4 Å². The summed E-state index contributed by atoms with van der Waals surface area (Å²) in [6.45, 7) is 1.57. The Morgan fingerprint density at radius 3 is 2.69 bits per heavy atom. The molecule has 2 heterocycles. The van der Waals surface area contributed by atoms with Gasteiger partial charge in [0.2, 0.25) is 11.7 Å². The van der Waals surface area contributed by atoms with Crippen LogP contribution in [0.1, 0.15) is 18.9 Å². The predicted molar refractivity (Wildman–Crippen MR) is 56.1 cm³/mol. The van der Waals surface area contributed by atoms with Gasteiger partial charge in [-0.05, 0) is 19.1 Å². The van der Waals surface area contributed by atoms with Crippen LogP contribution in [0.2, 0.25) is 0 Å². The van der Waals surface area contributed by atoms with Gasteiger partial charge in [-0.25, -0.2) is 0 Å². The Balaban J connectivity index is 2.27. The van der Waals surface area contributed by atoms with E-state index in [-0.39, 0.29) is 5.89 Å². The lowest BCUT2D eigenvalue weighted by atomic mass is 10.2. The summed E-state index contributed by atoms with van der Waals surface area (Å²) in [4.78, 5) is 8.00. The average Bonchev–Trinajstić information content (AvgIpc) is 2.78. The highest BCUT2D eigenvalue weighted by molar-refractivity contribution is 5.52. The summed E-state index contributed by atoms with van der Waals surface area (Å²) in [7, 11) is 0. The van der Waals surface area contributed by atoms with E-state index in [0.29, 0.717) is 5.82 Å². The molecule has 0 fully saturated rings. The summed E-state index contributed by atoms with van der Waals surface area (Å²) in [6, 6.07) is 2.87. The summed E-state index contributed by atoms with van der Waals surface area (Å²) in [6.07, 6.45) is 2.55. The first kappa shape index (κ1) is 10.7. The van der Waals surface area contributed by atoms with Crippen molar-refractivity contribution in [3.8, 4) is 11.4 Å². The van der Waals surface area contributed by atoms with Crippen LogP contribution >= 0.6 is 0 Å². The van der Waals surface area contributed by atoms with E-state index in [2.05, 4.69) is 15.1 Å². The van der Waals surface area contributed by atoms with Gasteiger partial charge in [-0.3, -0.25) is 4.98 Å². The average molecular weight is 220 g/mol. The van der Waals surface area contributed by atoms with Crippen molar-refractivity contribution in [1.29, 1.82) is 0 Å². The number of aliphatic hydroxyl groups is 1. The molecule has 2 rings (SSSR count). The van der Waals surface area contributed by atoms with E-state index in [1.54, 1.807) is 31.5 Å². The SMILES string of the molecule is CC(O)C(N)c1nc(-c2ccncc2)no1. The number of hydrogen-bond acceptors (Lipinski definition) is 6. The van der Waals surface area contributed by atoms with Crippen molar-refractivity contribution in [2.45, 2.75) is 19.1 Å². The molecule has 3 N–H and O–H groups in total. The van der Waals surface area contributed by atoms with Gasteiger partial charge in [0, 0.05) is 18.0 Å². The first-order chi connectivity index (χ1) is 7.68. The third-order valence-electron chi connectivity index (χ3n) is 2.19. The fraction of sp³-hybridized carbons (Fsp3) is 0.300. The molecule has 0 aliphatic carbocycles. The third-order valence-corrected chi connectivity index (χ3v) is 2.19. The van der Waals surface area contributed by atoms with Gasteiger partial charge in [0.05, 0.1) is 6.10 Å². The Morgan fingerprint density at radius 1 is 1.38 bits per heavy atom. The molecule has 2 atom stereocenters. The summed E-state index contributed by atoms with van der Waals surface area (Å²) in [5.41, 5.74) is 6.46. The number of pyridine rings is 1.